The summed E-state index contributed by atoms with van der Waals surface area (Å²) < 4.78 is 0. The predicted octanol–water partition coefficient (Wildman–Crippen LogP) is 2.08. The lowest BCUT2D eigenvalue weighted by Gasteiger charge is -2.27. The van der Waals surface area contributed by atoms with Gasteiger partial charge in [0.25, 0.3) is 5.91 Å². The Labute approximate surface area is 122 Å². The summed E-state index contributed by atoms with van der Waals surface area (Å²) in [6.07, 6.45) is 0.735. The molecule has 0 saturated carbocycles. The molecular formula is C14H18N2O3S. The maximum Gasteiger partial charge on any atom is 0.327 e. The molecule has 2 rings (SSSR count). The van der Waals surface area contributed by atoms with Crippen molar-refractivity contribution in [1.82, 2.24) is 9.88 Å². The summed E-state index contributed by atoms with van der Waals surface area (Å²) in [5.74, 6) is -0.739. The van der Waals surface area contributed by atoms with Crippen molar-refractivity contribution in [1.29, 1.82) is 0 Å². The van der Waals surface area contributed by atoms with Crippen LogP contribution in [0.3, 0.4) is 0 Å². The number of aliphatic carboxylic acids is 1. The quantitative estimate of drug-likeness (QED) is 0.924. The number of pyridine rings is 1. The second-order valence-electron chi connectivity index (χ2n) is 4.85. The van der Waals surface area contributed by atoms with E-state index in [1.165, 1.54) is 16.7 Å². The number of carboxylic acids is 1. The van der Waals surface area contributed by atoms with Crippen LogP contribution in [0.5, 0.6) is 0 Å². The molecule has 5 nitrogen and oxygen atoms in total. The Hall–Kier alpha value is -1.56. The van der Waals surface area contributed by atoms with Crippen LogP contribution in [0.2, 0.25) is 0 Å². The van der Waals surface area contributed by atoms with Gasteiger partial charge in [0.1, 0.15) is 6.04 Å². The van der Waals surface area contributed by atoms with Gasteiger partial charge in [0.05, 0.1) is 16.6 Å². The fraction of sp³-hybridized carbons (Fsp3) is 0.500. The van der Waals surface area contributed by atoms with Gasteiger partial charge >= 0.3 is 5.97 Å². The number of hydrogen-bond acceptors (Lipinski definition) is 4. The van der Waals surface area contributed by atoms with E-state index in [2.05, 4.69) is 4.98 Å². The van der Waals surface area contributed by atoms with Crippen LogP contribution in [-0.4, -0.2) is 44.0 Å². The zero-order valence-electron chi connectivity index (χ0n) is 11.8. The minimum Gasteiger partial charge on any atom is -0.480 e. The van der Waals surface area contributed by atoms with Crippen molar-refractivity contribution in [3.8, 4) is 0 Å². The molecule has 2 atom stereocenters. The summed E-state index contributed by atoms with van der Waals surface area (Å²) >= 11 is 1.52. The standard InChI is InChI=1S/C14H18N2O3S/c1-4-12-16(11(7-20-12)14(18)19)13(17)10-6-5-8(2)15-9(10)3/h5-6,11-12H,4,7H2,1-3H3,(H,18,19). The maximum atomic E-state index is 12.7. The summed E-state index contributed by atoms with van der Waals surface area (Å²) in [5.41, 5.74) is 1.98. The number of amides is 1. The van der Waals surface area contributed by atoms with Crippen molar-refractivity contribution < 1.29 is 14.7 Å². The lowest BCUT2D eigenvalue weighted by Crippen LogP contribution is -2.45. The lowest BCUT2D eigenvalue weighted by atomic mass is 10.1. The molecule has 0 aliphatic carbocycles. The Bertz CT molecular complexity index is 547. The van der Waals surface area contributed by atoms with Crippen molar-refractivity contribution in [3.05, 3.63) is 29.1 Å². The second kappa shape index (κ2) is 5.83. The molecule has 20 heavy (non-hydrogen) atoms. The van der Waals surface area contributed by atoms with Gasteiger partial charge in [-0.1, -0.05) is 6.92 Å². The van der Waals surface area contributed by atoms with E-state index in [1.54, 1.807) is 19.1 Å². The molecule has 0 bridgehead atoms. The molecule has 2 unspecified atom stereocenters. The van der Waals surface area contributed by atoms with E-state index in [1.807, 2.05) is 13.8 Å². The molecule has 1 aromatic rings. The van der Waals surface area contributed by atoms with Crippen LogP contribution < -0.4 is 0 Å². The average molecular weight is 294 g/mol. The highest BCUT2D eigenvalue weighted by molar-refractivity contribution is 8.00. The number of carboxylic acid groups (broad SMARTS) is 1. The summed E-state index contributed by atoms with van der Waals surface area (Å²) in [6.45, 7) is 5.60. The molecule has 1 aliphatic rings. The van der Waals surface area contributed by atoms with Gasteiger partial charge in [0.2, 0.25) is 0 Å². The smallest absolute Gasteiger partial charge is 0.327 e. The normalized spacial score (nSPS) is 22.1. The van der Waals surface area contributed by atoms with Crippen LogP contribution in [0.1, 0.15) is 35.1 Å². The second-order valence-corrected chi connectivity index (χ2v) is 6.06. The fourth-order valence-electron chi connectivity index (χ4n) is 2.39. The van der Waals surface area contributed by atoms with Gasteiger partial charge in [-0.15, -0.1) is 11.8 Å². The highest BCUT2D eigenvalue weighted by Gasteiger charge is 2.41. The molecular weight excluding hydrogens is 276 g/mol. The van der Waals surface area contributed by atoms with Crippen LogP contribution in [0.15, 0.2) is 12.1 Å². The summed E-state index contributed by atoms with van der Waals surface area (Å²) in [7, 11) is 0. The lowest BCUT2D eigenvalue weighted by molar-refractivity contribution is -0.141. The summed E-state index contributed by atoms with van der Waals surface area (Å²) in [6, 6.07) is 2.76. The highest BCUT2D eigenvalue weighted by Crippen LogP contribution is 2.33. The van der Waals surface area contributed by atoms with Gasteiger partial charge in [-0.05, 0) is 32.4 Å². The molecule has 108 valence electrons. The third-order valence-electron chi connectivity index (χ3n) is 3.42. The van der Waals surface area contributed by atoms with Gasteiger partial charge in [0, 0.05) is 11.4 Å². The molecule has 1 N–H and O–H groups in total. The van der Waals surface area contributed by atoms with E-state index in [9.17, 15) is 14.7 Å². The van der Waals surface area contributed by atoms with Crippen LogP contribution in [0, 0.1) is 13.8 Å². The number of nitrogens with zero attached hydrogens (tertiary/aromatic N) is 2. The van der Waals surface area contributed by atoms with Crippen molar-refractivity contribution in [3.63, 3.8) is 0 Å². The van der Waals surface area contributed by atoms with E-state index >= 15 is 0 Å². The van der Waals surface area contributed by atoms with Crippen molar-refractivity contribution in [2.24, 2.45) is 0 Å². The Morgan fingerprint density at radius 2 is 2.15 bits per heavy atom. The molecule has 2 heterocycles. The number of carbonyl (C=O) groups excluding carboxylic acids is 1. The Morgan fingerprint density at radius 3 is 2.70 bits per heavy atom. The molecule has 0 aromatic carbocycles. The van der Waals surface area contributed by atoms with Gasteiger partial charge < -0.3 is 10.0 Å². The molecule has 1 aromatic heterocycles. The highest BCUT2D eigenvalue weighted by atomic mass is 32.2. The first-order chi connectivity index (χ1) is 9.45. The number of thioether (sulfide) groups is 1. The van der Waals surface area contributed by atoms with Crippen LogP contribution >= 0.6 is 11.8 Å². The first-order valence-electron chi connectivity index (χ1n) is 6.57. The van der Waals surface area contributed by atoms with E-state index < -0.39 is 12.0 Å². The molecule has 1 saturated heterocycles. The van der Waals surface area contributed by atoms with Gasteiger partial charge in [-0.2, -0.15) is 0 Å². The Balaban J connectivity index is 2.36. The zero-order valence-corrected chi connectivity index (χ0v) is 12.6. The minimum atomic E-state index is -0.945. The molecule has 0 radical (unpaired) electrons. The topological polar surface area (TPSA) is 70.5 Å². The molecule has 1 aliphatic heterocycles. The first kappa shape index (κ1) is 14.8. The molecule has 6 heteroatoms. The van der Waals surface area contributed by atoms with Crippen LogP contribution in [0.4, 0.5) is 0 Å². The molecule has 0 spiro atoms. The molecule has 1 amide bonds. The number of aryl methyl sites for hydroxylation is 2. The van der Waals surface area contributed by atoms with Gasteiger partial charge in [-0.3, -0.25) is 9.78 Å². The number of aromatic nitrogens is 1. The number of carbonyl (C=O) groups is 2. The van der Waals surface area contributed by atoms with Gasteiger partial charge in [-0.25, -0.2) is 4.79 Å². The fourth-order valence-corrected chi connectivity index (χ4v) is 3.74. The van der Waals surface area contributed by atoms with Crippen molar-refractivity contribution in [2.75, 3.05) is 5.75 Å². The average Bonchev–Trinajstić information content (AvgIpc) is 2.81. The van der Waals surface area contributed by atoms with E-state index in [0.717, 1.165) is 12.1 Å². The summed E-state index contributed by atoms with van der Waals surface area (Å²) in [4.78, 5) is 29.8. The SMILES string of the molecule is CCC1SCC(C(=O)O)N1C(=O)c1ccc(C)nc1C. The monoisotopic (exact) mass is 294 g/mol. The zero-order chi connectivity index (χ0) is 14.9. The Kier molecular flexibility index (Phi) is 4.32. The maximum absolute atomic E-state index is 12.7. The van der Waals surface area contributed by atoms with Crippen LogP contribution in [0.25, 0.3) is 0 Å². The molecule has 1 fully saturated rings. The number of rotatable bonds is 3. The largest absolute Gasteiger partial charge is 0.480 e. The van der Waals surface area contributed by atoms with Gasteiger partial charge in [0.15, 0.2) is 0 Å². The van der Waals surface area contributed by atoms with E-state index in [4.69, 9.17) is 0 Å². The third-order valence-corrected chi connectivity index (χ3v) is 4.87. The number of hydrogen-bond donors (Lipinski definition) is 1. The van der Waals surface area contributed by atoms with Crippen LogP contribution in [-0.2, 0) is 4.79 Å². The van der Waals surface area contributed by atoms with Crippen molar-refractivity contribution in [2.45, 2.75) is 38.6 Å². The van der Waals surface area contributed by atoms with E-state index in [-0.39, 0.29) is 11.3 Å². The predicted molar refractivity (Wildman–Crippen MR) is 77.8 cm³/mol. The third kappa shape index (κ3) is 2.65. The first-order valence-corrected chi connectivity index (χ1v) is 7.62. The summed E-state index contributed by atoms with van der Waals surface area (Å²) in [5, 5.41) is 9.20. The van der Waals surface area contributed by atoms with E-state index in [0.29, 0.717) is 17.0 Å². The minimum absolute atomic E-state index is 0.0793. The van der Waals surface area contributed by atoms with Crippen molar-refractivity contribution >= 4 is 23.6 Å². The Morgan fingerprint density at radius 1 is 1.45 bits per heavy atom.